The molecule has 0 aromatic heterocycles. The molecule has 2 rings (SSSR count). The molecule has 2 aliphatic rings. The molecule has 8 heteroatoms. The summed E-state index contributed by atoms with van der Waals surface area (Å²) in [5.41, 5.74) is -0.221. The van der Waals surface area contributed by atoms with E-state index in [4.69, 9.17) is 9.73 Å². The number of rotatable bonds is 4. The number of piperazine rings is 1. The number of nitrogens with one attached hydrogen (secondary N) is 1. The first-order valence-electron chi connectivity index (χ1n) is 9.40. The molecular formula is C18H36IN5O2. The lowest BCUT2D eigenvalue weighted by Crippen LogP contribution is -2.66. The lowest BCUT2D eigenvalue weighted by atomic mass is 9.96. The first kappa shape index (κ1) is 23.4. The van der Waals surface area contributed by atoms with Gasteiger partial charge in [0.15, 0.2) is 5.96 Å². The Bertz CT molecular complexity index is 498. The van der Waals surface area contributed by atoms with Crippen LogP contribution in [0, 0.1) is 0 Å². The number of nitrogens with zero attached hydrogens (tertiary/aromatic N) is 4. The molecule has 0 aromatic rings. The first-order valence-corrected chi connectivity index (χ1v) is 9.40. The van der Waals surface area contributed by atoms with Gasteiger partial charge in [-0.05, 0) is 41.7 Å². The summed E-state index contributed by atoms with van der Waals surface area (Å²) < 4.78 is 5.80. The van der Waals surface area contributed by atoms with Gasteiger partial charge in [0, 0.05) is 32.2 Å². The van der Waals surface area contributed by atoms with Gasteiger partial charge < -0.3 is 24.8 Å². The van der Waals surface area contributed by atoms with E-state index in [1.54, 1.807) is 0 Å². The van der Waals surface area contributed by atoms with E-state index in [9.17, 15) is 4.79 Å². The minimum Gasteiger partial charge on any atom is -0.374 e. The van der Waals surface area contributed by atoms with Crippen LogP contribution in [0.25, 0.3) is 0 Å². The highest BCUT2D eigenvalue weighted by atomic mass is 127. The molecule has 0 radical (unpaired) electrons. The molecule has 0 aliphatic carbocycles. The molecule has 1 amide bonds. The summed E-state index contributed by atoms with van der Waals surface area (Å²) >= 11 is 0. The van der Waals surface area contributed by atoms with Crippen LogP contribution >= 0.6 is 24.0 Å². The van der Waals surface area contributed by atoms with Gasteiger partial charge >= 0.3 is 0 Å². The molecule has 26 heavy (non-hydrogen) atoms. The number of hydrogen-bond donors (Lipinski definition) is 1. The average molecular weight is 481 g/mol. The van der Waals surface area contributed by atoms with E-state index in [0.717, 1.165) is 38.7 Å². The van der Waals surface area contributed by atoms with Gasteiger partial charge in [0.05, 0.1) is 31.3 Å². The molecule has 2 heterocycles. The van der Waals surface area contributed by atoms with Crippen LogP contribution < -0.4 is 5.32 Å². The normalized spacial score (nSPS) is 24.7. The second-order valence-electron chi connectivity index (χ2n) is 7.98. The molecule has 1 atom stereocenters. The van der Waals surface area contributed by atoms with Crippen molar-refractivity contribution in [2.45, 2.75) is 52.3 Å². The number of carbonyl (C=O) groups is 1. The highest BCUT2D eigenvalue weighted by Crippen LogP contribution is 2.24. The minimum absolute atomic E-state index is 0. The number of likely N-dealkylation sites (N-methyl/N-ethyl adjacent to an activating group) is 1. The zero-order valence-electron chi connectivity index (χ0n) is 17.1. The van der Waals surface area contributed by atoms with Crippen molar-refractivity contribution in [2.75, 3.05) is 52.9 Å². The van der Waals surface area contributed by atoms with Gasteiger partial charge in [-0.3, -0.25) is 9.79 Å². The van der Waals surface area contributed by atoms with Crippen molar-refractivity contribution in [3.63, 3.8) is 0 Å². The minimum atomic E-state index is -0.221. The number of amides is 1. The summed E-state index contributed by atoms with van der Waals surface area (Å²) in [6.45, 7) is 15.6. The van der Waals surface area contributed by atoms with Crippen molar-refractivity contribution in [3.05, 3.63) is 0 Å². The summed E-state index contributed by atoms with van der Waals surface area (Å²) in [6.07, 6.45) is 0.119. The highest BCUT2D eigenvalue weighted by molar-refractivity contribution is 14.0. The number of aliphatic imine (C=N–C) groups is 1. The molecular weight excluding hydrogens is 445 g/mol. The zero-order chi connectivity index (χ0) is 18.6. The van der Waals surface area contributed by atoms with E-state index in [-0.39, 0.29) is 47.6 Å². The number of halogens is 1. The summed E-state index contributed by atoms with van der Waals surface area (Å²) in [7, 11) is 2.11. The van der Waals surface area contributed by atoms with Crippen molar-refractivity contribution in [2.24, 2.45) is 4.99 Å². The highest BCUT2D eigenvalue weighted by Gasteiger charge is 2.40. The molecule has 1 N–H and O–H groups in total. The van der Waals surface area contributed by atoms with E-state index < -0.39 is 0 Å². The van der Waals surface area contributed by atoms with Gasteiger partial charge in [-0.15, -0.1) is 24.0 Å². The van der Waals surface area contributed by atoms with E-state index in [1.807, 2.05) is 4.90 Å². The topological polar surface area (TPSA) is 60.4 Å². The van der Waals surface area contributed by atoms with E-state index in [0.29, 0.717) is 13.1 Å². The third kappa shape index (κ3) is 5.95. The van der Waals surface area contributed by atoms with Gasteiger partial charge in [-0.25, -0.2) is 0 Å². The zero-order valence-corrected chi connectivity index (χ0v) is 19.4. The SMILES string of the molecule is CCNC(=NCC1CN(C)CCO1)N1CC(=O)N(C(C)C)C(C)(C)C1.I. The van der Waals surface area contributed by atoms with Crippen molar-refractivity contribution in [3.8, 4) is 0 Å². The van der Waals surface area contributed by atoms with Crippen LogP contribution in [0.4, 0.5) is 0 Å². The fourth-order valence-corrected chi connectivity index (χ4v) is 3.90. The smallest absolute Gasteiger partial charge is 0.242 e. The number of hydrogen-bond acceptors (Lipinski definition) is 4. The molecule has 0 aromatic carbocycles. The average Bonchev–Trinajstić information content (AvgIpc) is 2.49. The van der Waals surface area contributed by atoms with Crippen molar-refractivity contribution in [1.29, 1.82) is 0 Å². The Hall–Kier alpha value is -0.610. The van der Waals surface area contributed by atoms with Gasteiger partial charge in [0.2, 0.25) is 5.91 Å². The summed E-state index contributed by atoms with van der Waals surface area (Å²) in [6, 6.07) is 0.204. The Morgan fingerprint density at radius 2 is 2.12 bits per heavy atom. The molecule has 2 fully saturated rings. The van der Waals surface area contributed by atoms with Gasteiger partial charge in [-0.2, -0.15) is 0 Å². The third-order valence-electron chi connectivity index (χ3n) is 4.76. The Morgan fingerprint density at radius 3 is 2.65 bits per heavy atom. The molecule has 1 unspecified atom stereocenters. The fraction of sp³-hybridized carbons (Fsp3) is 0.889. The molecule has 7 nitrogen and oxygen atoms in total. The van der Waals surface area contributed by atoms with Gasteiger partial charge in [-0.1, -0.05) is 0 Å². The van der Waals surface area contributed by atoms with Crippen molar-refractivity contribution >= 4 is 35.8 Å². The maximum absolute atomic E-state index is 12.7. The fourth-order valence-electron chi connectivity index (χ4n) is 3.90. The summed E-state index contributed by atoms with van der Waals surface area (Å²) in [5.74, 6) is 0.967. The van der Waals surface area contributed by atoms with Crippen molar-refractivity contribution in [1.82, 2.24) is 20.0 Å². The summed E-state index contributed by atoms with van der Waals surface area (Å²) in [4.78, 5) is 23.8. The van der Waals surface area contributed by atoms with Crippen LogP contribution in [-0.2, 0) is 9.53 Å². The number of carbonyl (C=O) groups excluding carboxylic acids is 1. The maximum Gasteiger partial charge on any atom is 0.242 e. The molecule has 152 valence electrons. The van der Waals surface area contributed by atoms with Crippen LogP contribution in [0.1, 0.15) is 34.6 Å². The Labute approximate surface area is 175 Å². The first-order chi connectivity index (χ1) is 11.7. The van der Waals surface area contributed by atoms with E-state index in [1.165, 1.54) is 0 Å². The van der Waals surface area contributed by atoms with E-state index in [2.05, 4.69) is 56.8 Å². The summed E-state index contributed by atoms with van der Waals surface area (Å²) in [5, 5.41) is 3.34. The molecule has 2 aliphatic heterocycles. The maximum atomic E-state index is 12.7. The van der Waals surface area contributed by atoms with Crippen LogP contribution in [-0.4, -0.2) is 97.2 Å². The second-order valence-corrected chi connectivity index (χ2v) is 7.98. The Balaban J connectivity index is 0.00000338. The van der Waals surface area contributed by atoms with Crippen LogP contribution in [0.2, 0.25) is 0 Å². The lowest BCUT2D eigenvalue weighted by Gasteiger charge is -2.49. The number of ether oxygens (including phenoxy) is 1. The Morgan fingerprint density at radius 1 is 1.42 bits per heavy atom. The third-order valence-corrected chi connectivity index (χ3v) is 4.76. The second kappa shape index (κ2) is 10.1. The van der Waals surface area contributed by atoms with Crippen LogP contribution in [0.5, 0.6) is 0 Å². The van der Waals surface area contributed by atoms with Crippen LogP contribution in [0.3, 0.4) is 0 Å². The molecule has 2 saturated heterocycles. The largest absolute Gasteiger partial charge is 0.374 e. The molecule has 0 saturated carbocycles. The monoisotopic (exact) mass is 481 g/mol. The molecule has 0 spiro atoms. The van der Waals surface area contributed by atoms with Crippen molar-refractivity contribution < 1.29 is 9.53 Å². The quantitative estimate of drug-likeness (QED) is 0.372. The van der Waals surface area contributed by atoms with Gasteiger partial charge in [0.25, 0.3) is 0 Å². The van der Waals surface area contributed by atoms with Gasteiger partial charge in [0.1, 0.15) is 0 Å². The number of guanidine groups is 1. The predicted molar refractivity (Wildman–Crippen MR) is 116 cm³/mol. The predicted octanol–water partition coefficient (Wildman–Crippen LogP) is 1.23. The number of morpholine rings is 1. The standard InChI is InChI=1S/C18H35N5O2.HI/c1-7-19-17(20-10-15-11-21(6)8-9-25-15)22-12-16(24)23(14(2)3)18(4,5)13-22;/h14-15H,7-13H2,1-6H3,(H,19,20);1H. The lowest BCUT2D eigenvalue weighted by molar-refractivity contribution is -0.145. The molecule has 0 bridgehead atoms. The van der Waals surface area contributed by atoms with E-state index >= 15 is 0 Å². The Kier molecular flexibility index (Phi) is 9.08. The van der Waals surface area contributed by atoms with Crippen LogP contribution in [0.15, 0.2) is 4.99 Å².